The summed E-state index contributed by atoms with van der Waals surface area (Å²) in [6, 6.07) is 6.14. The Morgan fingerprint density at radius 1 is 1.31 bits per heavy atom. The number of aryl methyl sites for hydroxylation is 1. The van der Waals surface area contributed by atoms with E-state index in [2.05, 4.69) is 5.32 Å². The highest BCUT2D eigenvalue weighted by Crippen LogP contribution is 2.15. The van der Waals surface area contributed by atoms with Gasteiger partial charge in [0.15, 0.2) is 0 Å². The quantitative estimate of drug-likeness (QED) is 0.808. The van der Waals surface area contributed by atoms with Crippen LogP contribution in [0, 0.1) is 12.7 Å². The lowest BCUT2D eigenvalue weighted by molar-refractivity contribution is 0.505. The van der Waals surface area contributed by atoms with E-state index in [9.17, 15) is 4.39 Å². The first-order chi connectivity index (χ1) is 7.75. The van der Waals surface area contributed by atoms with E-state index in [4.69, 9.17) is 0 Å². The Balaban J connectivity index is 1.99. The fourth-order valence-electron chi connectivity index (χ4n) is 2.32. The van der Waals surface area contributed by atoms with E-state index in [0.717, 1.165) is 24.1 Å². The van der Waals surface area contributed by atoms with E-state index >= 15 is 0 Å². The van der Waals surface area contributed by atoms with E-state index in [1.54, 1.807) is 6.07 Å². The molecule has 1 unspecified atom stereocenters. The lowest BCUT2D eigenvalue weighted by Crippen LogP contribution is -2.30. The molecule has 1 fully saturated rings. The van der Waals surface area contributed by atoms with Crippen molar-refractivity contribution in [2.24, 2.45) is 0 Å². The summed E-state index contributed by atoms with van der Waals surface area (Å²) < 4.78 is 13.4. The largest absolute Gasteiger partial charge is 0.314 e. The van der Waals surface area contributed by atoms with Crippen LogP contribution in [-0.4, -0.2) is 12.6 Å². The van der Waals surface area contributed by atoms with Gasteiger partial charge in [-0.25, -0.2) is 4.39 Å². The lowest BCUT2D eigenvalue weighted by atomic mass is 10.0. The molecule has 16 heavy (non-hydrogen) atoms. The second-order valence-electron chi connectivity index (χ2n) is 4.79. The van der Waals surface area contributed by atoms with E-state index in [-0.39, 0.29) is 5.82 Å². The molecule has 1 aliphatic rings. The number of nitrogens with one attached hydrogen (secondary N) is 1. The third kappa shape index (κ3) is 3.05. The van der Waals surface area contributed by atoms with Gasteiger partial charge in [-0.3, -0.25) is 0 Å². The molecule has 1 nitrogen and oxygen atoms in total. The van der Waals surface area contributed by atoms with Gasteiger partial charge in [0, 0.05) is 6.04 Å². The molecule has 0 bridgehead atoms. The Bertz CT molecular complexity index is 341. The van der Waals surface area contributed by atoms with Crippen LogP contribution in [0.3, 0.4) is 0 Å². The molecule has 1 atom stereocenters. The summed E-state index contributed by atoms with van der Waals surface area (Å²) in [7, 11) is 0. The van der Waals surface area contributed by atoms with Gasteiger partial charge in [0.2, 0.25) is 0 Å². The number of hydrogen-bond acceptors (Lipinski definition) is 1. The average Bonchev–Trinajstić information content (AvgIpc) is 2.52. The van der Waals surface area contributed by atoms with Gasteiger partial charge >= 0.3 is 0 Å². The van der Waals surface area contributed by atoms with Crippen molar-refractivity contribution in [1.29, 1.82) is 0 Å². The topological polar surface area (TPSA) is 12.0 Å². The van der Waals surface area contributed by atoms with Crippen molar-refractivity contribution in [2.75, 3.05) is 6.54 Å². The van der Waals surface area contributed by atoms with Gasteiger partial charge in [0.05, 0.1) is 0 Å². The fraction of sp³-hybridized carbons (Fsp3) is 0.571. The number of hydrogen-bond donors (Lipinski definition) is 1. The summed E-state index contributed by atoms with van der Waals surface area (Å²) >= 11 is 0. The molecule has 0 aromatic heterocycles. The van der Waals surface area contributed by atoms with Crippen molar-refractivity contribution in [1.82, 2.24) is 5.32 Å². The molecule has 1 heterocycles. The van der Waals surface area contributed by atoms with Crippen molar-refractivity contribution in [3.05, 3.63) is 35.1 Å². The van der Waals surface area contributed by atoms with E-state index in [1.807, 2.05) is 19.1 Å². The van der Waals surface area contributed by atoms with Crippen molar-refractivity contribution in [3.8, 4) is 0 Å². The zero-order chi connectivity index (χ0) is 11.4. The van der Waals surface area contributed by atoms with Crippen molar-refractivity contribution >= 4 is 0 Å². The summed E-state index contributed by atoms with van der Waals surface area (Å²) in [5.41, 5.74) is 1.85. The molecular formula is C14H20FN. The Hall–Kier alpha value is -0.890. The zero-order valence-corrected chi connectivity index (χ0v) is 9.93. The third-order valence-electron chi connectivity index (χ3n) is 3.38. The highest BCUT2D eigenvalue weighted by atomic mass is 19.1. The summed E-state index contributed by atoms with van der Waals surface area (Å²) in [5.74, 6) is -0.0777. The van der Waals surface area contributed by atoms with Gasteiger partial charge in [-0.1, -0.05) is 25.0 Å². The first-order valence-corrected chi connectivity index (χ1v) is 6.24. The molecular weight excluding hydrogens is 201 g/mol. The number of halogens is 1. The SMILES string of the molecule is Cc1ccc(CC2CCCCCN2)cc1F. The second kappa shape index (κ2) is 5.44. The zero-order valence-electron chi connectivity index (χ0n) is 9.93. The molecule has 0 amide bonds. The normalized spacial score (nSPS) is 21.8. The van der Waals surface area contributed by atoms with Gasteiger partial charge < -0.3 is 5.32 Å². The van der Waals surface area contributed by atoms with Crippen molar-refractivity contribution in [2.45, 2.75) is 45.1 Å². The molecule has 1 aliphatic heterocycles. The van der Waals surface area contributed by atoms with Crippen LogP contribution in [0.15, 0.2) is 18.2 Å². The minimum Gasteiger partial charge on any atom is -0.314 e. The Morgan fingerprint density at radius 3 is 3.00 bits per heavy atom. The minimum atomic E-state index is -0.0777. The summed E-state index contributed by atoms with van der Waals surface area (Å²) in [5, 5.41) is 3.54. The van der Waals surface area contributed by atoms with Crippen LogP contribution in [0.4, 0.5) is 4.39 Å². The highest BCUT2D eigenvalue weighted by molar-refractivity contribution is 5.24. The van der Waals surface area contributed by atoms with Gasteiger partial charge in [0.1, 0.15) is 5.82 Å². The van der Waals surface area contributed by atoms with Crippen LogP contribution in [0.1, 0.15) is 36.8 Å². The van der Waals surface area contributed by atoms with Gasteiger partial charge in [-0.05, 0) is 49.9 Å². The molecule has 1 saturated heterocycles. The predicted octanol–water partition coefficient (Wildman–Crippen LogP) is 3.21. The van der Waals surface area contributed by atoms with Crippen LogP contribution in [0.25, 0.3) is 0 Å². The standard InChI is InChI=1S/C14H20FN/c1-11-6-7-12(10-14(11)15)9-13-5-3-2-4-8-16-13/h6-7,10,13,16H,2-5,8-9H2,1H3. The Labute approximate surface area is 97.1 Å². The summed E-state index contributed by atoms with van der Waals surface area (Å²) in [6.07, 6.45) is 6.07. The first kappa shape index (κ1) is 11.6. The maximum atomic E-state index is 13.4. The van der Waals surface area contributed by atoms with Crippen LogP contribution in [-0.2, 0) is 6.42 Å². The molecule has 0 radical (unpaired) electrons. The van der Waals surface area contributed by atoms with Crippen molar-refractivity contribution in [3.63, 3.8) is 0 Å². The first-order valence-electron chi connectivity index (χ1n) is 6.24. The molecule has 0 saturated carbocycles. The maximum absolute atomic E-state index is 13.4. The smallest absolute Gasteiger partial charge is 0.126 e. The van der Waals surface area contributed by atoms with Crippen LogP contribution in [0.5, 0.6) is 0 Å². The minimum absolute atomic E-state index is 0.0777. The molecule has 0 spiro atoms. The second-order valence-corrected chi connectivity index (χ2v) is 4.79. The van der Waals surface area contributed by atoms with E-state index < -0.39 is 0 Å². The molecule has 2 heteroatoms. The van der Waals surface area contributed by atoms with Crippen LogP contribution < -0.4 is 5.32 Å². The van der Waals surface area contributed by atoms with Gasteiger partial charge in [-0.2, -0.15) is 0 Å². The summed E-state index contributed by atoms with van der Waals surface area (Å²) in [6.45, 7) is 2.92. The molecule has 0 aliphatic carbocycles. The highest BCUT2D eigenvalue weighted by Gasteiger charge is 2.12. The average molecular weight is 221 g/mol. The third-order valence-corrected chi connectivity index (χ3v) is 3.38. The Morgan fingerprint density at radius 2 is 2.19 bits per heavy atom. The maximum Gasteiger partial charge on any atom is 0.126 e. The summed E-state index contributed by atoms with van der Waals surface area (Å²) in [4.78, 5) is 0. The monoisotopic (exact) mass is 221 g/mol. The van der Waals surface area contributed by atoms with E-state index in [0.29, 0.717) is 6.04 Å². The van der Waals surface area contributed by atoms with Crippen LogP contribution in [0.2, 0.25) is 0 Å². The lowest BCUT2D eigenvalue weighted by Gasteiger charge is -2.15. The molecule has 1 N–H and O–H groups in total. The molecule has 1 aromatic rings. The molecule has 1 aromatic carbocycles. The number of rotatable bonds is 2. The molecule has 88 valence electrons. The predicted molar refractivity (Wildman–Crippen MR) is 65.1 cm³/mol. The fourth-order valence-corrected chi connectivity index (χ4v) is 2.32. The van der Waals surface area contributed by atoms with Gasteiger partial charge in [0.25, 0.3) is 0 Å². The Kier molecular flexibility index (Phi) is 3.94. The van der Waals surface area contributed by atoms with Crippen LogP contribution >= 0.6 is 0 Å². The number of benzene rings is 1. The van der Waals surface area contributed by atoms with Crippen molar-refractivity contribution < 1.29 is 4.39 Å². The molecule has 2 rings (SSSR count). The van der Waals surface area contributed by atoms with E-state index in [1.165, 1.54) is 25.7 Å². The van der Waals surface area contributed by atoms with Gasteiger partial charge in [-0.15, -0.1) is 0 Å².